The second-order valence-electron chi connectivity index (χ2n) is 10.3. The summed E-state index contributed by atoms with van der Waals surface area (Å²) in [6, 6.07) is 14.9. The number of hydrogen-bond acceptors (Lipinski definition) is 4. The first-order valence-electron chi connectivity index (χ1n) is 13.2. The molecule has 0 aliphatic carbocycles. The van der Waals surface area contributed by atoms with Crippen LogP contribution in [0.3, 0.4) is 0 Å². The number of nitrogens with zero attached hydrogens (tertiary/aromatic N) is 1. The van der Waals surface area contributed by atoms with Gasteiger partial charge in [-0.25, -0.2) is 4.79 Å². The minimum Gasteiger partial charge on any atom is -0.444 e. The second-order valence-corrected chi connectivity index (χ2v) is 10.3. The molecule has 7 heteroatoms. The summed E-state index contributed by atoms with van der Waals surface area (Å²) >= 11 is 0. The van der Waals surface area contributed by atoms with Crippen molar-refractivity contribution in [3.05, 3.63) is 71.3 Å². The van der Waals surface area contributed by atoms with Crippen LogP contribution in [0.4, 0.5) is 4.79 Å². The SMILES string of the molecule is C#Cc1ccc(C(C(=O)NCc2ccccc2)N(CCCCCC)C(=O)C(C)NC(=O)OC(C)(C)C)cc1. The number of carbonyl (C=O) groups excluding carboxylic acids is 3. The fourth-order valence-electron chi connectivity index (χ4n) is 3.99. The third-order valence-electron chi connectivity index (χ3n) is 5.90. The first-order valence-corrected chi connectivity index (χ1v) is 13.2. The van der Waals surface area contributed by atoms with Crippen LogP contribution in [0.5, 0.6) is 0 Å². The summed E-state index contributed by atoms with van der Waals surface area (Å²) in [4.78, 5) is 41.4. The molecule has 0 aliphatic rings. The van der Waals surface area contributed by atoms with Gasteiger partial charge in [0.05, 0.1) is 0 Å². The normalized spacial score (nSPS) is 12.5. The third kappa shape index (κ3) is 9.93. The van der Waals surface area contributed by atoms with Gasteiger partial charge in [0.2, 0.25) is 11.8 Å². The lowest BCUT2D eigenvalue weighted by Gasteiger charge is -2.34. The molecule has 2 atom stereocenters. The van der Waals surface area contributed by atoms with Crippen LogP contribution >= 0.6 is 0 Å². The Labute approximate surface area is 227 Å². The van der Waals surface area contributed by atoms with Crippen LogP contribution in [-0.4, -0.2) is 41.0 Å². The number of hydrogen-bond donors (Lipinski definition) is 2. The molecule has 0 fully saturated rings. The Morgan fingerprint density at radius 3 is 2.24 bits per heavy atom. The van der Waals surface area contributed by atoms with Crippen LogP contribution < -0.4 is 10.6 Å². The maximum atomic E-state index is 13.8. The van der Waals surface area contributed by atoms with E-state index in [1.807, 2.05) is 30.3 Å². The molecular formula is C31H41N3O4. The summed E-state index contributed by atoms with van der Waals surface area (Å²) < 4.78 is 5.34. The smallest absolute Gasteiger partial charge is 0.408 e. The molecule has 204 valence electrons. The van der Waals surface area contributed by atoms with Crippen LogP contribution in [0, 0.1) is 12.3 Å². The molecule has 0 saturated carbocycles. The molecule has 0 spiro atoms. The number of terminal acetylenes is 1. The predicted octanol–water partition coefficient (Wildman–Crippen LogP) is 5.35. The van der Waals surface area contributed by atoms with Crippen LogP contribution in [0.25, 0.3) is 0 Å². The first kappa shape index (κ1) is 30.4. The lowest BCUT2D eigenvalue weighted by Crippen LogP contribution is -2.52. The lowest BCUT2D eigenvalue weighted by molar-refractivity contribution is -0.142. The molecule has 0 radical (unpaired) electrons. The number of benzene rings is 2. The van der Waals surface area contributed by atoms with Gasteiger partial charge >= 0.3 is 6.09 Å². The van der Waals surface area contributed by atoms with E-state index in [4.69, 9.17) is 11.2 Å². The number of ether oxygens (including phenoxy) is 1. The van der Waals surface area contributed by atoms with E-state index in [1.54, 1.807) is 56.9 Å². The third-order valence-corrected chi connectivity index (χ3v) is 5.90. The van der Waals surface area contributed by atoms with Gasteiger partial charge in [-0.05, 0) is 57.4 Å². The zero-order chi connectivity index (χ0) is 28.1. The molecule has 2 rings (SSSR count). The Balaban J connectivity index is 2.37. The van der Waals surface area contributed by atoms with E-state index < -0.39 is 23.8 Å². The highest BCUT2D eigenvalue weighted by Gasteiger charge is 2.34. The standard InChI is InChI=1S/C31H41N3O4/c1-7-9-10-14-21-34(29(36)23(3)33-30(37)38-31(4,5)6)27(26-19-17-24(8-2)18-20-26)28(35)32-22-25-15-12-11-13-16-25/h2,11-13,15-20,23,27H,7,9-10,14,21-22H2,1,3-6H3,(H,32,35)(H,33,37). The monoisotopic (exact) mass is 519 g/mol. The van der Waals surface area contributed by atoms with Gasteiger partial charge in [-0.15, -0.1) is 6.42 Å². The Kier molecular flexibility index (Phi) is 11.9. The van der Waals surface area contributed by atoms with E-state index in [0.717, 1.165) is 31.2 Å². The molecule has 0 bridgehead atoms. The molecule has 2 aromatic carbocycles. The highest BCUT2D eigenvalue weighted by Crippen LogP contribution is 2.24. The fourth-order valence-corrected chi connectivity index (χ4v) is 3.99. The van der Waals surface area contributed by atoms with Crippen LogP contribution in [-0.2, 0) is 20.9 Å². The zero-order valence-corrected chi connectivity index (χ0v) is 23.3. The van der Waals surface area contributed by atoms with Crippen molar-refractivity contribution < 1.29 is 19.1 Å². The number of carbonyl (C=O) groups is 3. The van der Waals surface area contributed by atoms with Crippen molar-refractivity contribution in [1.29, 1.82) is 0 Å². The maximum absolute atomic E-state index is 13.8. The van der Waals surface area contributed by atoms with Crippen molar-refractivity contribution in [2.24, 2.45) is 0 Å². The van der Waals surface area contributed by atoms with Crippen LogP contribution in [0.15, 0.2) is 54.6 Å². The molecule has 0 aromatic heterocycles. The Bertz CT molecular complexity index is 1080. The van der Waals surface area contributed by atoms with Gasteiger partial charge < -0.3 is 20.3 Å². The summed E-state index contributed by atoms with van der Waals surface area (Å²) in [5.41, 5.74) is 1.56. The topological polar surface area (TPSA) is 87.7 Å². The van der Waals surface area contributed by atoms with Crippen molar-refractivity contribution >= 4 is 17.9 Å². The molecule has 0 heterocycles. The first-order chi connectivity index (χ1) is 18.1. The lowest BCUT2D eigenvalue weighted by atomic mass is 10.0. The molecule has 0 saturated heterocycles. The highest BCUT2D eigenvalue weighted by atomic mass is 16.6. The van der Waals surface area contributed by atoms with E-state index in [2.05, 4.69) is 23.5 Å². The van der Waals surface area contributed by atoms with Gasteiger partial charge in [0.15, 0.2) is 0 Å². The molecule has 0 aliphatic heterocycles. The van der Waals surface area contributed by atoms with E-state index in [1.165, 1.54) is 0 Å². The van der Waals surface area contributed by atoms with E-state index in [9.17, 15) is 14.4 Å². The average molecular weight is 520 g/mol. The number of amides is 3. The summed E-state index contributed by atoms with van der Waals surface area (Å²) in [5.74, 6) is 1.91. The molecular weight excluding hydrogens is 478 g/mol. The number of unbranched alkanes of at least 4 members (excludes halogenated alkanes) is 3. The molecule has 2 aromatic rings. The summed E-state index contributed by atoms with van der Waals surface area (Å²) in [6.45, 7) is 9.67. The number of rotatable bonds is 12. The fraction of sp³-hybridized carbons (Fsp3) is 0.452. The van der Waals surface area contributed by atoms with E-state index in [0.29, 0.717) is 24.2 Å². The van der Waals surface area contributed by atoms with Gasteiger partial charge in [-0.2, -0.15) is 0 Å². The molecule has 2 unspecified atom stereocenters. The quantitative estimate of drug-likeness (QED) is 0.292. The van der Waals surface area contributed by atoms with Crippen molar-refractivity contribution in [3.8, 4) is 12.3 Å². The maximum Gasteiger partial charge on any atom is 0.408 e. The molecule has 7 nitrogen and oxygen atoms in total. The minimum atomic E-state index is -0.900. The van der Waals surface area contributed by atoms with Gasteiger partial charge in [-0.3, -0.25) is 9.59 Å². The molecule has 3 amide bonds. The predicted molar refractivity (Wildman–Crippen MR) is 150 cm³/mol. The Morgan fingerprint density at radius 2 is 1.66 bits per heavy atom. The van der Waals surface area contributed by atoms with Gasteiger partial charge in [0.25, 0.3) is 0 Å². The van der Waals surface area contributed by atoms with Crippen molar-refractivity contribution in [1.82, 2.24) is 15.5 Å². The number of nitrogens with one attached hydrogen (secondary N) is 2. The van der Waals surface area contributed by atoms with Gasteiger partial charge in [-0.1, -0.05) is 74.6 Å². The minimum absolute atomic E-state index is 0.310. The largest absolute Gasteiger partial charge is 0.444 e. The average Bonchev–Trinajstić information content (AvgIpc) is 2.88. The summed E-state index contributed by atoms with van der Waals surface area (Å²) in [6.07, 6.45) is 8.56. The summed E-state index contributed by atoms with van der Waals surface area (Å²) in [5, 5.41) is 5.62. The molecule has 2 N–H and O–H groups in total. The zero-order valence-electron chi connectivity index (χ0n) is 23.3. The van der Waals surface area contributed by atoms with Crippen LogP contribution in [0.1, 0.15) is 83.0 Å². The molecule has 38 heavy (non-hydrogen) atoms. The van der Waals surface area contributed by atoms with Crippen molar-refractivity contribution in [3.63, 3.8) is 0 Å². The second kappa shape index (κ2) is 14.8. The van der Waals surface area contributed by atoms with Crippen LogP contribution in [0.2, 0.25) is 0 Å². The van der Waals surface area contributed by atoms with Crippen molar-refractivity contribution in [2.45, 2.75) is 84.5 Å². The van der Waals surface area contributed by atoms with E-state index in [-0.39, 0.29) is 11.8 Å². The summed E-state index contributed by atoms with van der Waals surface area (Å²) in [7, 11) is 0. The Morgan fingerprint density at radius 1 is 1.00 bits per heavy atom. The van der Waals surface area contributed by atoms with Gasteiger partial charge in [0.1, 0.15) is 17.7 Å². The van der Waals surface area contributed by atoms with Gasteiger partial charge in [0, 0.05) is 18.7 Å². The highest BCUT2D eigenvalue weighted by molar-refractivity contribution is 5.92. The van der Waals surface area contributed by atoms with Crippen molar-refractivity contribution in [2.75, 3.05) is 6.54 Å². The Hall–Kier alpha value is -3.79. The van der Waals surface area contributed by atoms with E-state index >= 15 is 0 Å². The number of alkyl carbamates (subject to hydrolysis) is 1.